The highest BCUT2D eigenvalue weighted by Gasteiger charge is 2.15. The Labute approximate surface area is 118 Å². The molecule has 1 fully saturated rings. The molecule has 1 aromatic carbocycles. The van der Waals surface area contributed by atoms with Gasteiger partial charge in [0.15, 0.2) is 0 Å². The quantitative estimate of drug-likeness (QED) is 0.834. The molecule has 0 spiro atoms. The van der Waals surface area contributed by atoms with Crippen LogP contribution in [-0.4, -0.2) is 25.2 Å². The van der Waals surface area contributed by atoms with Crippen LogP contribution in [0, 0.1) is 0 Å². The topological polar surface area (TPSA) is 67.4 Å². The second-order valence-corrected chi connectivity index (χ2v) is 5.00. The van der Waals surface area contributed by atoms with Crippen molar-refractivity contribution in [1.29, 1.82) is 0 Å². The van der Waals surface area contributed by atoms with Gasteiger partial charge < -0.3 is 15.4 Å². The highest BCUT2D eigenvalue weighted by Crippen LogP contribution is 2.17. The van der Waals surface area contributed by atoms with Crippen LogP contribution in [0.25, 0.3) is 0 Å². The lowest BCUT2D eigenvalue weighted by molar-refractivity contribution is 0.0601. The molecule has 5 heteroatoms. The molecule has 2 N–H and O–H groups in total. The first-order valence-electron chi connectivity index (χ1n) is 6.95. The van der Waals surface area contributed by atoms with Gasteiger partial charge in [0.1, 0.15) is 0 Å². The molecule has 5 nitrogen and oxygen atoms in total. The van der Waals surface area contributed by atoms with Crippen LogP contribution in [0.3, 0.4) is 0 Å². The van der Waals surface area contributed by atoms with Gasteiger partial charge in [0.05, 0.1) is 12.7 Å². The van der Waals surface area contributed by atoms with Crippen LogP contribution in [-0.2, 0) is 4.74 Å². The third kappa shape index (κ3) is 3.98. The Morgan fingerprint density at radius 1 is 1.10 bits per heavy atom. The average molecular weight is 276 g/mol. The van der Waals surface area contributed by atoms with Gasteiger partial charge in [-0.15, -0.1) is 0 Å². The molecule has 108 valence electrons. The molecule has 2 rings (SSSR count). The van der Waals surface area contributed by atoms with E-state index in [1.807, 2.05) is 0 Å². The van der Waals surface area contributed by atoms with Crippen molar-refractivity contribution < 1.29 is 14.3 Å². The van der Waals surface area contributed by atoms with E-state index in [4.69, 9.17) is 0 Å². The van der Waals surface area contributed by atoms with E-state index in [1.54, 1.807) is 24.3 Å². The number of methoxy groups -OCH3 is 1. The van der Waals surface area contributed by atoms with E-state index in [0.29, 0.717) is 11.3 Å². The van der Waals surface area contributed by atoms with Crippen LogP contribution < -0.4 is 10.6 Å². The Bertz CT molecular complexity index is 465. The first-order valence-corrected chi connectivity index (χ1v) is 6.95. The fourth-order valence-electron chi connectivity index (χ4n) is 2.41. The Morgan fingerprint density at radius 2 is 1.75 bits per heavy atom. The summed E-state index contributed by atoms with van der Waals surface area (Å²) in [5.74, 6) is -0.386. The summed E-state index contributed by atoms with van der Waals surface area (Å²) in [4.78, 5) is 23.1. The Morgan fingerprint density at radius 3 is 2.35 bits per heavy atom. The summed E-state index contributed by atoms with van der Waals surface area (Å²) < 4.78 is 4.62. The van der Waals surface area contributed by atoms with E-state index in [1.165, 1.54) is 26.4 Å². The molecule has 1 saturated carbocycles. The van der Waals surface area contributed by atoms with Crippen molar-refractivity contribution in [3.63, 3.8) is 0 Å². The van der Waals surface area contributed by atoms with E-state index in [9.17, 15) is 9.59 Å². The molecule has 0 unspecified atom stereocenters. The molecule has 0 aromatic heterocycles. The predicted octanol–water partition coefficient (Wildman–Crippen LogP) is 2.93. The first-order chi connectivity index (χ1) is 9.69. The summed E-state index contributed by atoms with van der Waals surface area (Å²) in [6.07, 6.45) is 5.72. The molecule has 0 bridgehead atoms. The molecular weight excluding hydrogens is 256 g/mol. The van der Waals surface area contributed by atoms with E-state index < -0.39 is 0 Å². The zero-order chi connectivity index (χ0) is 14.4. The van der Waals surface area contributed by atoms with E-state index in [0.717, 1.165) is 12.8 Å². The highest BCUT2D eigenvalue weighted by atomic mass is 16.5. The fourth-order valence-corrected chi connectivity index (χ4v) is 2.41. The molecule has 0 aliphatic heterocycles. The van der Waals surface area contributed by atoms with Crippen LogP contribution in [0.1, 0.15) is 42.5 Å². The number of nitrogens with one attached hydrogen (secondary N) is 2. The number of carbonyl (C=O) groups excluding carboxylic acids is 2. The maximum Gasteiger partial charge on any atom is 0.337 e. The van der Waals surface area contributed by atoms with Crippen molar-refractivity contribution in [3.8, 4) is 0 Å². The summed E-state index contributed by atoms with van der Waals surface area (Å²) in [5.41, 5.74) is 1.12. The minimum absolute atomic E-state index is 0.192. The molecule has 1 aliphatic carbocycles. The van der Waals surface area contributed by atoms with Crippen LogP contribution in [0.2, 0.25) is 0 Å². The fraction of sp³-hybridized carbons (Fsp3) is 0.467. The van der Waals surface area contributed by atoms with E-state index in [-0.39, 0.29) is 18.0 Å². The van der Waals surface area contributed by atoms with Crippen LogP contribution in [0.4, 0.5) is 10.5 Å². The number of ether oxygens (including phenoxy) is 1. The van der Waals surface area contributed by atoms with E-state index in [2.05, 4.69) is 15.4 Å². The number of hydrogen-bond donors (Lipinski definition) is 2. The monoisotopic (exact) mass is 276 g/mol. The van der Waals surface area contributed by atoms with Crippen molar-refractivity contribution >= 4 is 17.7 Å². The van der Waals surface area contributed by atoms with Gasteiger partial charge in [0.25, 0.3) is 0 Å². The molecule has 0 radical (unpaired) electrons. The minimum atomic E-state index is -0.386. The summed E-state index contributed by atoms with van der Waals surface area (Å²) >= 11 is 0. The lowest BCUT2D eigenvalue weighted by Gasteiger charge is -2.22. The maximum absolute atomic E-state index is 11.8. The number of hydrogen-bond acceptors (Lipinski definition) is 3. The Hall–Kier alpha value is -2.04. The lowest BCUT2D eigenvalue weighted by Crippen LogP contribution is -2.39. The molecule has 20 heavy (non-hydrogen) atoms. The second kappa shape index (κ2) is 6.93. The number of amides is 2. The SMILES string of the molecule is COC(=O)c1ccc(NC(=O)NC2CCCCC2)cc1. The molecule has 1 aliphatic rings. The number of anilines is 1. The largest absolute Gasteiger partial charge is 0.465 e. The van der Waals surface area contributed by atoms with Gasteiger partial charge in [-0.3, -0.25) is 0 Å². The lowest BCUT2D eigenvalue weighted by atomic mass is 9.96. The van der Waals surface area contributed by atoms with Crippen molar-refractivity contribution in [2.75, 3.05) is 12.4 Å². The second-order valence-electron chi connectivity index (χ2n) is 5.00. The number of rotatable bonds is 3. The number of esters is 1. The zero-order valence-electron chi connectivity index (χ0n) is 11.6. The highest BCUT2D eigenvalue weighted by molar-refractivity contribution is 5.92. The molecule has 1 aromatic rings. The van der Waals surface area contributed by atoms with Crippen LogP contribution >= 0.6 is 0 Å². The maximum atomic E-state index is 11.8. The number of carbonyl (C=O) groups is 2. The van der Waals surface area contributed by atoms with Gasteiger partial charge >= 0.3 is 12.0 Å². The predicted molar refractivity (Wildman–Crippen MR) is 76.8 cm³/mol. The number of benzene rings is 1. The smallest absolute Gasteiger partial charge is 0.337 e. The van der Waals surface area contributed by atoms with Crippen molar-refractivity contribution in [2.24, 2.45) is 0 Å². The van der Waals surface area contributed by atoms with Gasteiger partial charge in [-0.2, -0.15) is 0 Å². The summed E-state index contributed by atoms with van der Waals surface area (Å²) in [5, 5.41) is 5.75. The average Bonchev–Trinajstić information content (AvgIpc) is 2.48. The van der Waals surface area contributed by atoms with Gasteiger partial charge in [0.2, 0.25) is 0 Å². The third-order valence-electron chi connectivity index (χ3n) is 3.50. The number of urea groups is 1. The van der Waals surface area contributed by atoms with Crippen LogP contribution in [0.15, 0.2) is 24.3 Å². The Balaban J connectivity index is 1.85. The minimum Gasteiger partial charge on any atom is -0.465 e. The zero-order valence-corrected chi connectivity index (χ0v) is 11.6. The normalized spacial score (nSPS) is 15.4. The standard InChI is InChI=1S/C15H20N2O3/c1-20-14(18)11-7-9-13(10-8-11)17-15(19)16-12-5-3-2-4-6-12/h7-10,12H,2-6H2,1H3,(H2,16,17,19). The van der Waals surface area contributed by atoms with E-state index >= 15 is 0 Å². The van der Waals surface area contributed by atoms with Crippen LogP contribution in [0.5, 0.6) is 0 Å². The molecule has 0 heterocycles. The van der Waals surface area contributed by atoms with Gasteiger partial charge in [-0.05, 0) is 37.1 Å². The van der Waals surface area contributed by atoms with Crippen molar-refractivity contribution in [1.82, 2.24) is 5.32 Å². The third-order valence-corrected chi connectivity index (χ3v) is 3.50. The van der Waals surface area contributed by atoms with Gasteiger partial charge in [-0.1, -0.05) is 19.3 Å². The summed E-state index contributed by atoms with van der Waals surface area (Å²) in [6.45, 7) is 0. The van der Waals surface area contributed by atoms with Crippen molar-refractivity contribution in [3.05, 3.63) is 29.8 Å². The van der Waals surface area contributed by atoms with Gasteiger partial charge in [-0.25, -0.2) is 9.59 Å². The molecule has 2 amide bonds. The molecule has 0 atom stereocenters. The van der Waals surface area contributed by atoms with Crippen molar-refractivity contribution in [2.45, 2.75) is 38.1 Å². The summed E-state index contributed by atoms with van der Waals surface area (Å²) in [7, 11) is 1.34. The molecular formula is C15H20N2O3. The molecule has 0 saturated heterocycles. The van der Waals surface area contributed by atoms with Gasteiger partial charge in [0, 0.05) is 11.7 Å². The summed E-state index contributed by atoms with van der Waals surface area (Å²) in [6, 6.07) is 6.71. The first kappa shape index (κ1) is 14.4. The Kier molecular flexibility index (Phi) is 4.98.